The van der Waals surface area contributed by atoms with Gasteiger partial charge in [-0.25, -0.2) is 4.79 Å². The summed E-state index contributed by atoms with van der Waals surface area (Å²) in [5, 5.41) is 11.6. The van der Waals surface area contributed by atoms with Gasteiger partial charge in [0.05, 0.1) is 18.9 Å². The van der Waals surface area contributed by atoms with Crippen LogP contribution in [0.25, 0.3) is 0 Å². The van der Waals surface area contributed by atoms with E-state index in [1.807, 2.05) is 6.92 Å². The molecule has 0 spiro atoms. The Bertz CT molecular complexity index is 354. The van der Waals surface area contributed by atoms with E-state index in [9.17, 15) is 14.4 Å². The highest BCUT2D eigenvalue weighted by Crippen LogP contribution is 2.36. The lowest BCUT2D eigenvalue weighted by Gasteiger charge is -2.18. The molecular formula is C12H19NO5. The highest BCUT2D eigenvalue weighted by Gasteiger charge is 2.41. The fourth-order valence-corrected chi connectivity index (χ4v) is 2.41. The molecule has 0 heterocycles. The van der Waals surface area contributed by atoms with Crippen molar-refractivity contribution in [1.29, 1.82) is 0 Å². The van der Waals surface area contributed by atoms with E-state index in [1.165, 1.54) is 14.0 Å². The molecule has 1 aliphatic carbocycles. The maximum Gasteiger partial charge on any atom is 0.328 e. The maximum atomic E-state index is 12.0. The Morgan fingerprint density at radius 1 is 1.28 bits per heavy atom. The smallest absolute Gasteiger partial charge is 0.328 e. The fraction of sp³-hybridized carbons (Fsp3) is 0.750. The summed E-state index contributed by atoms with van der Waals surface area (Å²) in [4.78, 5) is 34.2. The number of carboxylic acid groups (broad SMARTS) is 1. The van der Waals surface area contributed by atoms with Crippen molar-refractivity contribution in [1.82, 2.24) is 5.32 Å². The van der Waals surface area contributed by atoms with Crippen LogP contribution in [0.2, 0.25) is 0 Å². The number of nitrogens with one attached hydrogen (secondary N) is 1. The molecule has 0 aliphatic heterocycles. The summed E-state index contributed by atoms with van der Waals surface area (Å²) in [5.74, 6) is -2.90. The standard InChI is InChI=1S/C12H19NO5/c1-6-4-8(9(5-6)11(15)16)10(14)13-7(2)12(17)18-3/h6-9H,4-5H2,1-3H3,(H,13,14)(H,15,16). The van der Waals surface area contributed by atoms with Crippen LogP contribution < -0.4 is 5.32 Å². The van der Waals surface area contributed by atoms with Gasteiger partial charge in [-0.1, -0.05) is 6.92 Å². The number of amides is 1. The van der Waals surface area contributed by atoms with Gasteiger partial charge in [0.1, 0.15) is 6.04 Å². The average molecular weight is 257 g/mol. The number of esters is 1. The molecule has 1 rings (SSSR count). The van der Waals surface area contributed by atoms with Crippen LogP contribution >= 0.6 is 0 Å². The van der Waals surface area contributed by atoms with Gasteiger partial charge < -0.3 is 15.2 Å². The first-order valence-corrected chi connectivity index (χ1v) is 5.97. The lowest BCUT2D eigenvalue weighted by atomic mass is 9.95. The Morgan fingerprint density at radius 3 is 2.33 bits per heavy atom. The van der Waals surface area contributed by atoms with Gasteiger partial charge in [-0.15, -0.1) is 0 Å². The number of methoxy groups -OCH3 is 1. The van der Waals surface area contributed by atoms with Gasteiger partial charge in [-0.3, -0.25) is 9.59 Å². The van der Waals surface area contributed by atoms with Gasteiger partial charge >= 0.3 is 11.9 Å². The minimum absolute atomic E-state index is 0.204. The first-order valence-electron chi connectivity index (χ1n) is 5.97. The SMILES string of the molecule is COC(=O)C(C)NC(=O)C1CC(C)CC1C(=O)O. The first kappa shape index (κ1) is 14.5. The normalized spacial score (nSPS) is 28.5. The summed E-state index contributed by atoms with van der Waals surface area (Å²) >= 11 is 0. The molecule has 1 fully saturated rings. The molecule has 1 aliphatic rings. The molecule has 0 aromatic rings. The van der Waals surface area contributed by atoms with Gasteiger partial charge in [0.2, 0.25) is 5.91 Å². The Hall–Kier alpha value is -1.59. The lowest BCUT2D eigenvalue weighted by molar-refractivity contribution is -0.147. The summed E-state index contributed by atoms with van der Waals surface area (Å²) in [5.41, 5.74) is 0. The summed E-state index contributed by atoms with van der Waals surface area (Å²) in [7, 11) is 1.24. The topological polar surface area (TPSA) is 92.7 Å². The molecule has 0 aromatic heterocycles. The van der Waals surface area contributed by atoms with Crippen molar-refractivity contribution in [2.75, 3.05) is 7.11 Å². The highest BCUT2D eigenvalue weighted by molar-refractivity contribution is 5.88. The van der Waals surface area contributed by atoms with Crippen LogP contribution in [-0.2, 0) is 19.1 Å². The van der Waals surface area contributed by atoms with Crippen LogP contribution in [-0.4, -0.2) is 36.1 Å². The summed E-state index contributed by atoms with van der Waals surface area (Å²) in [6.45, 7) is 3.44. The van der Waals surface area contributed by atoms with E-state index < -0.39 is 29.8 Å². The zero-order chi connectivity index (χ0) is 13.9. The summed E-state index contributed by atoms with van der Waals surface area (Å²) < 4.78 is 4.50. The molecule has 0 bridgehead atoms. The predicted molar refractivity (Wildman–Crippen MR) is 62.6 cm³/mol. The predicted octanol–water partition coefficient (Wildman–Crippen LogP) is 0.411. The van der Waals surface area contributed by atoms with Crippen LogP contribution in [0, 0.1) is 17.8 Å². The molecule has 6 nitrogen and oxygen atoms in total. The molecule has 102 valence electrons. The highest BCUT2D eigenvalue weighted by atomic mass is 16.5. The molecule has 4 unspecified atom stereocenters. The van der Waals surface area contributed by atoms with E-state index in [0.717, 1.165) is 0 Å². The Balaban J connectivity index is 2.65. The van der Waals surface area contributed by atoms with Crippen molar-refractivity contribution < 1.29 is 24.2 Å². The van der Waals surface area contributed by atoms with E-state index >= 15 is 0 Å². The molecule has 4 atom stereocenters. The van der Waals surface area contributed by atoms with Crippen molar-refractivity contribution in [3.63, 3.8) is 0 Å². The number of hydrogen-bond acceptors (Lipinski definition) is 4. The van der Waals surface area contributed by atoms with E-state index in [0.29, 0.717) is 12.8 Å². The third kappa shape index (κ3) is 3.21. The van der Waals surface area contributed by atoms with Crippen molar-refractivity contribution in [2.45, 2.75) is 32.7 Å². The van der Waals surface area contributed by atoms with Crippen LogP contribution in [0.3, 0.4) is 0 Å². The van der Waals surface area contributed by atoms with Crippen molar-refractivity contribution in [3.05, 3.63) is 0 Å². The van der Waals surface area contributed by atoms with Gasteiger partial charge in [0, 0.05) is 0 Å². The minimum atomic E-state index is -0.953. The van der Waals surface area contributed by atoms with Gasteiger partial charge in [0.15, 0.2) is 0 Å². The molecule has 0 aromatic carbocycles. The van der Waals surface area contributed by atoms with Crippen LogP contribution in [0.15, 0.2) is 0 Å². The zero-order valence-electron chi connectivity index (χ0n) is 10.8. The number of hydrogen-bond donors (Lipinski definition) is 2. The van der Waals surface area contributed by atoms with Gasteiger partial charge in [-0.05, 0) is 25.7 Å². The monoisotopic (exact) mass is 257 g/mol. The quantitative estimate of drug-likeness (QED) is 0.712. The molecule has 1 amide bonds. The van der Waals surface area contributed by atoms with Crippen molar-refractivity contribution in [2.24, 2.45) is 17.8 Å². The molecule has 1 saturated carbocycles. The lowest BCUT2D eigenvalue weighted by Crippen LogP contribution is -2.44. The second-order valence-corrected chi connectivity index (χ2v) is 4.88. The Labute approximate surface area is 106 Å². The number of carbonyl (C=O) groups is 3. The summed E-state index contributed by atoms with van der Waals surface area (Å²) in [6, 6.07) is -0.757. The largest absolute Gasteiger partial charge is 0.481 e. The van der Waals surface area contributed by atoms with Crippen LogP contribution in [0.4, 0.5) is 0 Å². The molecule has 18 heavy (non-hydrogen) atoms. The number of ether oxygens (including phenoxy) is 1. The number of carbonyl (C=O) groups excluding carboxylic acids is 2. The number of rotatable bonds is 4. The van der Waals surface area contributed by atoms with E-state index in [2.05, 4.69) is 10.1 Å². The second kappa shape index (κ2) is 5.84. The third-order valence-corrected chi connectivity index (χ3v) is 3.37. The molecule has 6 heteroatoms. The number of aliphatic carboxylic acids is 1. The summed E-state index contributed by atoms with van der Waals surface area (Å²) in [6.07, 6.45) is 1.04. The Morgan fingerprint density at radius 2 is 1.83 bits per heavy atom. The van der Waals surface area contributed by atoms with Gasteiger partial charge in [0.25, 0.3) is 0 Å². The second-order valence-electron chi connectivity index (χ2n) is 4.88. The van der Waals surface area contributed by atoms with Crippen molar-refractivity contribution >= 4 is 17.8 Å². The molecule has 0 radical (unpaired) electrons. The number of carboxylic acids is 1. The Kier molecular flexibility index (Phi) is 4.69. The van der Waals surface area contributed by atoms with Crippen molar-refractivity contribution in [3.8, 4) is 0 Å². The average Bonchev–Trinajstić information content (AvgIpc) is 2.70. The maximum absolute atomic E-state index is 12.0. The molecular weight excluding hydrogens is 238 g/mol. The zero-order valence-corrected chi connectivity index (χ0v) is 10.8. The third-order valence-electron chi connectivity index (χ3n) is 3.37. The molecule has 2 N–H and O–H groups in total. The fourth-order valence-electron chi connectivity index (χ4n) is 2.41. The minimum Gasteiger partial charge on any atom is -0.481 e. The van der Waals surface area contributed by atoms with Crippen LogP contribution in [0.5, 0.6) is 0 Å². The van der Waals surface area contributed by atoms with E-state index in [-0.39, 0.29) is 11.8 Å². The van der Waals surface area contributed by atoms with Crippen LogP contribution in [0.1, 0.15) is 26.7 Å². The van der Waals surface area contributed by atoms with E-state index in [1.54, 1.807) is 0 Å². The van der Waals surface area contributed by atoms with E-state index in [4.69, 9.17) is 5.11 Å². The molecule has 0 saturated heterocycles. The first-order chi connectivity index (χ1) is 8.36. The van der Waals surface area contributed by atoms with Gasteiger partial charge in [-0.2, -0.15) is 0 Å².